The molecule has 0 saturated heterocycles. The van der Waals surface area contributed by atoms with Gasteiger partial charge < -0.3 is 4.90 Å². The average Bonchev–Trinajstić information content (AvgIpc) is 2.71. The zero-order valence-corrected chi connectivity index (χ0v) is 12.0. The van der Waals surface area contributed by atoms with Gasteiger partial charge in [0.15, 0.2) is 0 Å². The highest BCUT2D eigenvalue weighted by atomic mass is 35.5. The van der Waals surface area contributed by atoms with E-state index in [0.717, 1.165) is 25.9 Å². The second-order valence-electron chi connectivity index (χ2n) is 4.96. The number of halogens is 1. The standard InChI is InChI=1S/C15H19ClN2/c1-4-15(5-2)10-18(6-3)14-8-13(16)11(9-17)7-12(14)15/h7-8H,4-6,10H2,1-3H3. The molecule has 0 saturated carbocycles. The van der Waals surface area contributed by atoms with Crippen LogP contribution in [0, 0.1) is 11.3 Å². The molecule has 0 aromatic heterocycles. The molecule has 18 heavy (non-hydrogen) atoms. The third-order valence-electron chi connectivity index (χ3n) is 4.35. The molecule has 2 nitrogen and oxygen atoms in total. The van der Waals surface area contributed by atoms with Crippen LogP contribution in [0.4, 0.5) is 5.69 Å². The van der Waals surface area contributed by atoms with Gasteiger partial charge in [-0.3, -0.25) is 0 Å². The van der Waals surface area contributed by atoms with E-state index >= 15 is 0 Å². The van der Waals surface area contributed by atoms with Gasteiger partial charge in [-0.15, -0.1) is 0 Å². The van der Waals surface area contributed by atoms with Crippen molar-refractivity contribution in [3.8, 4) is 6.07 Å². The molecule has 1 heterocycles. The smallest absolute Gasteiger partial charge is 0.101 e. The van der Waals surface area contributed by atoms with Crippen molar-refractivity contribution in [2.45, 2.75) is 39.0 Å². The molecular weight excluding hydrogens is 244 g/mol. The van der Waals surface area contributed by atoms with E-state index in [0.29, 0.717) is 10.6 Å². The van der Waals surface area contributed by atoms with E-state index in [9.17, 15) is 0 Å². The lowest BCUT2D eigenvalue weighted by Gasteiger charge is -2.28. The van der Waals surface area contributed by atoms with Gasteiger partial charge >= 0.3 is 0 Å². The summed E-state index contributed by atoms with van der Waals surface area (Å²) in [6.45, 7) is 8.64. The second-order valence-corrected chi connectivity index (χ2v) is 5.37. The molecule has 0 atom stereocenters. The van der Waals surface area contributed by atoms with Crippen molar-refractivity contribution in [1.82, 2.24) is 0 Å². The molecule has 1 aromatic carbocycles. The summed E-state index contributed by atoms with van der Waals surface area (Å²) in [7, 11) is 0. The normalized spacial score (nSPS) is 16.5. The Balaban J connectivity index is 2.64. The first-order valence-corrected chi connectivity index (χ1v) is 6.98. The predicted molar refractivity (Wildman–Crippen MR) is 76.3 cm³/mol. The van der Waals surface area contributed by atoms with Gasteiger partial charge in [-0.25, -0.2) is 0 Å². The molecule has 0 aliphatic carbocycles. The summed E-state index contributed by atoms with van der Waals surface area (Å²) in [6, 6.07) is 6.16. The van der Waals surface area contributed by atoms with Crippen molar-refractivity contribution in [2.24, 2.45) is 0 Å². The van der Waals surface area contributed by atoms with Gasteiger partial charge in [0.2, 0.25) is 0 Å². The summed E-state index contributed by atoms with van der Waals surface area (Å²) in [5.74, 6) is 0. The fraction of sp³-hybridized carbons (Fsp3) is 0.533. The van der Waals surface area contributed by atoms with Crippen LogP contribution < -0.4 is 4.90 Å². The highest BCUT2D eigenvalue weighted by Crippen LogP contribution is 2.46. The summed E-state index contributed by atoms with van der Waals surface area (Å²) in [5.41, 5.74) is 3.29. The Labute approximate surface area is 114 Å². The second kappa shape index (κ2) is 4.82. The van der Waals surface area contributed by atoms with Crippen molar-refractivity contribution in [1.29, 1.82) is 5.26 Å². The lowest BCUT2D eigenvalue weighted by atomic mass is 9.77. The number of hydrogen-bond acceptors (Lipinski definition) is 2. The van der Waals surface area contributed by atoms with Crippen LogP contribution in [0.15, 0.2) is 12.1 Å². The van der Waals surface area contributed by atoms with E-state index in [1.54, 1.807) is 0 Å². The van der Waals surface area contributed by atoms with Crippen LogP contribution >= 0.6 is 11.6 Å². The van der Waals surface area contributed by atoms with Gasteiger partial charge in [-0.2, -0.15) is 5.26 Å². The number of benzene rings is 1. The quantitative estimate of drug-likeness (QED) is 0.820. The lowest BCUT2D eigenvalue weighted by Crippen LogP contribution is -2.32. The Morgan fingerprint density at radius 1 is 1.33 bits per heavy atom. The van der Waals surface area contributed by atoms with Crippen molar-refractivity contribution in [3.63, 3.8) is 0 Å². The first kappa shape index (κ1) is 13.2. The largest absolute Gasteiger partial charge is 0.371 e. The Morgan fingerprint density at radius 3 is 2.50 bits per heavy atom. The Morgan fingerprint density at radius 2 is 2.00 bits per heavy atom. The SMILES string of the molecule is CCN1CC(CC)(CC)c2cc(C#N)c(Cl)cc21. The van der Waals surface area contributed by atoms with Crippen LogP contribution in [-0.4, -0.2) is 13.1 Å². The van der Waals surface area contributed by atoms with E-state index in [1.807, 2.05) is 12.1 Å². The van der Waals surface area contributed by atoms with Gasteiger partial charge in [-0.1, -0.05) is 25.4 Å². The minimum atomic E-state index is 0.182. The fourth-order valence-electron chi connectivity index (χ4n) is 3.01. The molecule has 0 amide bonds. The zero-order valence-electron chi connectivity index (χ0n) is 11.3. The number of anilines is 1. The molecule has 1 aliphatic heterocycles. The third-order valence-corrected chi connectivity index (χ3v) is 4.66. The van der Waals surface area contributed by atoms with Crippen LogP contribution in [0.1, 0.15) is 44.7 Å². The number of likely N-dealkylation sites (N-methyl/N-ethyl adjacent to an activating group) is 1. The molecule has 1 aromatic rings. The van der Waals surface area contributed by atoms with Crippen LogP contribution in [0.2, 0.25) is 5.02 Å². The van der Waals surface area contributed by atoms with Crippen molar-refractivity contribution in [3.05, 3.63) is 28.3 Å². The molecule has 3 heteroatoms. The molecule has 0 radical (unpaired) electrons. The molecule has 0 unspecified atom stereocenters. The fourth-order valence-corrected chi connectivity index (χ4v) is 3.21. The molecule has 2 rings (SSSR count). The molecule has 0 spiro atoms. The maximum absolute atomic E-state index is 9.14. The monoisotopic (exact) mass is 262 g/mol. The van der Waals surface area contributed by atoms with Gasteiger partial charge in [0.1, 0.15) is 6.07 Å². The number of hydrogen-bond donors (Lipinski definition) is 0. The molecule has 1 aliphatic rings. The van der Waals surface area contributed by atoms with E-state index < -0.39 is 0 Å². The highest BCUT2D eigenvalue weighted by Gasteiger charge is 2.39. The van der Waals surface area contributed by atoms with Crippen molar-refractivity contribution < 1.29 is 0 Å². The number of rotatable bonds is 3. The van der Waals surface area contributed by atoms with Crippen molar-refractivity contribution in [2.75, 3.05) is 18.0 Å². The van der Waals surface area contributed by atoms with Gasteiger partial charge in [-0.05, 0) is 37.5 Å². The maximum atomic E-state index is 9.14. The molecule has 0 bridgehead atoms. The lowest BCUT2D eigenvalue weighted by molar-refractivity contribution is 0.421. The molecule has 0 fully saturated rings. The first-order chi connectivity index (χ1) is 8.61. The van der Waals surface area contributed by atoms with E-state index in [2.05, 4.69) is 31.7 Å². The minimum Gasteiger partial charge on any atom is -0.371 e. The zero-order chi connectivity index (χ0) is 13.3. The first-order valence-electron chi connectivity index (χ1n) is 6.61. The Hall–Kier alpha value is -1.20. The Kier molecular flexibility index (Phi) is 3.54. The summed E-state index contributed by atoms with van der Waals surface area (Å²) < 4.78 is 0. The topological polar surface area (TPSA) is 27.0 Å². The molecule has 96 valence electrons. The van der Waals surface area contributed by atoms with E-state index in [-0.39, 0.29) is 5.41 Å². The maximum Gasteiger partial charge on any atom is 0.101 e. The van der Waals surface area contributed by atoms with Gasteiger partial charge in [0.25, 0.3) is 0 Å². The van der Waals surface area contributed by atoms with E-state index in [4.69, 9.17) is 16.9 Å². The van der Waals surface area contributed by atoms with Crippen LogP contribution in [0.5, 0.6) is 0 Å². The van der Waals surface area contributed by atoms with Crippen LogP contribution in [0.3, 0.4) is 0 Å². The van der Waals surface area contributed by atoms with Crippen LogP contribution in [-0.2, 0) is 5.41 Å². The molecular formula is C15H19ClN2. The highest BCUT2D eigenvalue weighted by molar-refractivity contribution is 6.32. The Bertz CT molecular complexity index is 498. The number of fused-ring (bicyclic) bond motifs is 1. The summed E-state index contributed by atoms with van der Waals surface area (Å²) >= 11 is 6.16. The average molecular weight is 263 g/mol. The third kappa shape index (κ3) is 1.78. The van der Waals surface area contributed by atoms with Crippen molar-refractivity contribution >= 4 is 17.3 Å². The summed E-state index contributed by atoms with van der Waals surface area (Å²) in [4.78, 5) is 2.37. The minimum absolute atomic E-state index is 0.182. The van der Waals surface area contributed by atoms with Gasteiger partial charge in [0.05, 0.1) is 10.6 Å². The predicted octanol–water partition coefficient (Wildman–Crippen LogP) is 4.11. The van der Waals surface area contributed by atoms with E-state index in [1.165, 1.54) is 11.3 Å². The summed E-state index contributed by atoms with van der Waals surface area (Å²) in [6.07, 6.45) is 2.19. The summed E-state index contributed by atoms with van der Waals surface area (Å²) in [5, 5.41) is 9.71. The number of nitriles is 1. The van der Waals surface area contributed by atoms with Gasteiger partial charge in [0, 0.05) is 24.2 Å². The molecule has 0 N–H and O–H groups in total. The van der Waals surface area contributed by atoms with Crippen LogP contribution in [0.25, 0.3) is 0 Å². The number of nitrogens with zero attached hydrogens (tertiary/aromatic N) is 2.